The van der Waals surface area contributed by atoms with Gasteiger partial charge in [-0.05, 0) is 110 Å². The lowest BCUT2D eigenvalue weighted by atomic mass is 9.96. The molecule has 0 fully saturated rings. The van der Waals surface area contributed by atoms with Crippen LogP contribution in [0.3, 0.4) is 0 Å². The summed E-state index contributed by atoms with van der Waals surface area (Å²) in [6, 6.07) is 77.2. The number of benzene rings is 9. The summed E-state index contributed by atoms with van der Waals surface area (Å²) >= 11 is 1.88. The van der Waals surface area contributed by atoms with E-state index in [0.29, 0.717) is 0 Å². The molecule has 0 aliphatic carbocycles. The normalized spacial score (nSPS) is 11.3. The minimum absolute atomic E-state index is 1.10. The van der Waals surface area contributed by atoms with Crippen molar-refractivity contribution >= 4 is 59.3 Å². The Labute approximate surface area is 319 Å². The Morgan fingerprint density at radius 3 is 1.63 bits per heavy atom. The molecule has 1 nitrogen and oxygen atoms in total. The Morgan fingerprint density at radius 2 is 0.870 bits per heavy atom. The molecule has 1 aromatic heterocycles. The molecular weight excluding hydrogens is 671 g/mol. The lowest BCUT2D eigenvalue weighted by molar-refractivity contribution is 1.28. The molecule has 0 saturated heterocycles. The third-order valence-corrected chi connectivity index (χ3v) is 11.6. The van der Waals surface area contributed by atoms with Gasteiger partial charge in [-0.15, -0.1) is 11.3 Å². The van der Waals surface area contributed by atoms with Crippen molar-refractivity contribution in [3.8, 4) is 44.5 Å². The summed E-state index contributed by atoms with van der Waals surface area (Å²) in [4.78, 5) is 2.41. The van der Waals surface area contributed by atoms with E-state index in [1.807, 2.05) is 11.3 Å². The Bertz CT molecular complexity index is 2870. The average molecular weight is 706 g/mol. The van der Waals surface area contributed by atoms with E-state index in [1.54, 1.807) is 0 Å². The Morgan fingerprint density at radius 1 is 0.296 bits per heavy atom. The van der Waals surface area contributed by atoms with Crippen molar-refractivity contribution in [3.63, 3.8) is 0 Å². The predicted molar refractivity (Wildman–Crippen MR) is 233 cm³/mol. The second kappa shape index (κ2) is 13.7. The minimum Gasteiger partial charge on any atom is -0.310 e. The van der Waals surface area contributed by atoms with Crippen LogP contribution in [0.5, 0.6) is 0 Å². The van der Waals surface area contributed by atoms with Crippen LogP contribution in [-0.4, -0.2) is 0 Å². The van der Waals surface area contributed by atoms with Gasteiger partial charge in [0.2, 0.25) is 0 Å². The van der Waals surface area contributed by atoms with Gasteiger partial charge < -0.3 is 4.90 Å². The van der Waals surface area contributed by atoms with Crippen LogP contribution in [0.15, 0.2) is 212 Å². The zero-order valence-electron chi connectivity index (χ0n) is 29.6. The van der Waals surface area contributed by atoms with Crippen LogP contribution in [0, 0.1) is 0 Å². The fraction of sp³-hybridized carbons (Fsp3) is 0. The van der Waals surface area contributed by atoms with Crippen LogP contribution in [-0.2, 0) is 0 Å². The van der Waals surface area contributed by atoms with Crippen LogP contribution in [0.2, 0.25) is 0 Å². The highest BCUT2D eigenvalue weighted by molar-refractivity contribution is 7.26. The van der Waals surface area contributed by atoms with Crippen molar-refractivity contribution in [2.24, 2.45) is 0 Å². The number of fused-ring (bicyclic) bond motifs is 4. The number of nitrogens with zero attached hydrogens (tertiary/aromatic N) is 1. The molecule has 9 aromatic carbocycles. The first-order valence-electron chi connectivity index (χ1n) is 18.4. The van der Waals surface area contributed by atoms with Crippen molar-refractivity contribution in [1.82, 2.24) is 0 Å². The summed E-state index contributed by atoms with van der Waals surface area (Å²) in [5.74, 6) is 0. The van der Waals surface area contributed by atoms with E-state index in [2.05, 4.69) is 217 Å². The number of thiophene rings is 1. The number of rotatable bonds is 7. The highest BCUT2D eigenvalue weighted by atomic mass is 32.1. The van der Waals surface area contributed by atoms with Gasteiger partial charge in [-0.1, -0.05) is 158 Å². The zero-order chi connectivity index (χ0) is 35.8. The Balaban J connectivity index is 1.15. The van der Waals surface area contributed by atoms with E-state index in [1.165, 1.54) is 75.5 Å². The average Bonchev–Trinajstić information content (AvgIpc) is 3.64. The van der Waals surface area contributed by atoms with Crippen LogP contribution in [0.4, 0.5) is 17.1 Å². The monoisotopic (exact) mass is 705 g/mol. The molecule has 54 heavy (non-hydrogen) atoms. The van der Waals surface area contributed by atoms with Crippen molar-refractivity contribution in [2.75, 3.05) is 4.90 Å². The maximum atomic E-state index is 2.41. The third-order valence-electron chi connectivity index (χ3n) is 10.4. The van der Waals surface area contributed by atoms with Crippen molar-refractivity contribution in [3.05, 3.63) is 212 Å². The van der Waals surface area contributed by atoms with Gasteiger partial charge in [-0.3, -0.25) is 0 Å². The summed E-state index contributed by atoms with van der Waals surface area (Å²) in [6.45, 7) is 0. The number of hydrogen-bond acceptors (Lipinski definition) is 2. The van der Waals surface area contributed by atoms with Gasteiger partial charge in [0, 0.05) is 37.2 Å². The van der Waals surface area contributed by atoms with E-state index in [-0.39, 0.29) is 0 Å². The first-order chi connectivity index (χ1) is 26.7. The molecule has 0 unspecified atom stereocenters. The van der Waals surface area contributed by atoms with E-state index in [0.717, 1.165) is 17.1 Å². The summed E-state index contributed by atoms with van der Waals surface area (Å²) < 4.78 is 2.65. The second-order valence-corrected chi connectivity index (χ2v) is 14.8. The maximum absolute atomic E-state index is 2.41. The molecule has 2 heteroatoms. The van der Waals surface area contributed by atoms with Crippen LogP contribution in [0.1, 0.15) is 0 Å². The third kappa shape index (κ3) is 5.93. The highest BCUT2D eigenvalue weighted by Gasteiger charge is 2.18. The van der Waals surface area contributed by atoms with E-state index >= 15 is 0 Å². The Hall–Kier alpha value is -6.74. The lowest BCUT2D eigenvalue weighted by Gasteiger charge is -2.27. The quantitative estimate of drug-likeness (QED) is 0.160. The van der Waals surface area contributed by atoms with Crippen LogP contribution in [0.25, 0.3) is 75.5 Å². The molecule has 0 N–H and O–H groups in total. The first-order valence-corrected chi connectivity index (χ1v) is 19.2. The van der Waals surface area contributed by atoms with Gasteiger partial charge in [-0.25, -0.2) is 0 Å². The smallest absolute Gasteiger partial charge is 0.0473 e. The second-order valence-electron chi connectivity index (χ2n) is 13.8. The molecule has 10 aromatic rings. The number of hydrogen-bond donors (Lipinski definition) is 0. The Kier molecular flexibility index (Phi) is 8.09. The molecule has 0 aliphatic heterocycles. The molecule has 0 amide bonds. The van der Waals surface area contributed by atoms with Crippen molar-refractivity contribution in [2.45, 2.75) is 0 Å². The molecular formula is C52H35NS. The molecule has 1 heterocycles. The molecule has 0 spiro atoms. The summed E-state index contributed by atoms with van der Waals surface area (Å²) in [6.07, 6.45) is 0. The van der Waals surface area contributed by atoms with Gasteiger partial charge in [0.1, 0.15) is 0 Å². The minimum atomic E-state index is 1.10. The van der Waals surface area contributed by atoms with Crippen molar-refractivity contribution < 1.29 is 0 Å². The van der Waals surface area contributed by atoms with Gasteiger partial charge in [0.25, 0.3) is 0 Å². The van der Waals surface area contributed by atoms with E-state index in [9.17, 15) is 0 Å². The van der Waals surface area contributed by atoms with E-state index < -0.39 is 0 Å². The van der Waals surface area contributed by atoms with Gasteiger partial charge in [0.15, 0.2) is 0 Å². The SMILES string of the molecule is c1ccc(-c2cc(-c3ccccc3)cc(N(c3ccc(-c4cccc5c4sc4ccccc45)cc3)c3cccc(-c4ccc5ccccc5c4)c3)c2)cc1. The van der Waals surface area contributed by atoms with E-state index in [4.69, 9.17) is 0 Å². The first kappa shape index (κ1) is 32.0. The largest absolute Gasteiger partial charge is 0.310 e. The summed E-state index contributed by atoms with van der Waals surface area (Å²) in [7, 11) is 0. The molecule has 254 valence electrons. The summed E-state index contributed by atoms with van der Waals surface area (Å²) in [5.41, 5.74) is 12.9. The fourth-order valence-electron chi connectivity index (χ4n) is 7.74. The van der Waals surface area contributed by atoms with Gasteiger partial charge >= 0.3 is 0 Å². The van der Waals surface area contributed by atoms with Crippen LogP contribution >= 0.6 is 11.3 Å². The van der Waals surface area contributed by atoms with Crippen molar-refractivity contribution in [1.29, 1.82) is 0 Å². The molecule has 10 rings (SSSR count). The standard InChI is InChI=1S/C52H35NS/c1-3-13-36(14-4-1)43-32-44(37-15-5-2-6-16-37)35-47(34-43)53(46-20-11-19-41(33-46)42-26-25-38-17-7-8-18-40(38)31-42)45-29-27-39(28-30-45)48-22-12-23-50-49-21-9-10-24-51(49)54-52(48)50/h1-35H. The fourth-order valence-corrected chi connectivity index (χ4v) is 8.98. The molecule has 0 bridgehead atoms. The predicted octanol–water partition coefficient (Wildman–Crippen LogP) is 15.3. The lowest BCUT2D eigenvalue weighted by Crippen LogP contribution is -2.10. The van der Waals surface area contributed by atoms with Gasteiger partial charge in [0.05, 0.1) is 0 Å². The van der Waals surface area contributed by atoms with Crippen LogP contribution < -0.4 is 4.90 Å². The number of anilines is 3. The maximum Gasteiger partial charge on any atom is 0.0473 e. The molecule has 0 aliphatic rings. The highest BCUT2D eigenvalue weighted by Crippen LogP contribution is 2.43. The zero-order valence-corrected chi connectivity index (χ0v) is 30.4. The topological polar surface area (TPSA) is 3.24 Å². The molecule has 0 radical (unpaired) electrons. The van der Waals surface area contributed by atoms with Gasteiger partial charge in [-0.2, -0.15) is 0 Å². The molecule has 0 atom stereocenters. The summed E-state index contributed by atoms with van der Waals surface area (Å²) in [5, 5.41) is 5.12. The molecule has 0 saturated carbocycles.